The second kappa shape index (κ2) is 3.03. The molecule has 0 aliphatic carbocycles. The van der Waals surface area contributed by atoms with E-state index in [2.05, 4.69) is 28.5 Å². The fourth-order valence-electron chi connectivity index (χ4n) is 1.61. The molecule has 0 radical (unpaired) electrons. The fourth-order valence-corrected chi connectivity index (χ4v) is 2.34. The van der Waals surface area contributed by atoms with Crippen molar-refractivity contribution in [2.75, 3.05) is 11.6 Å². The molecule has 1 aromatic heterocycles. The van der Waals surface area contributed by atoms with Gasteiger partial charge in [0.2, 0.25) is 0 Å². The average molecular weight is 203 g/mol. The quantitative estimate of drug-likeness (QED) is 0.705. The third-order valence-electron chi connectivity index (χ3n) is 2.28. The van der Waals surface area contributed by atoms with Gasteiger partial charge >= 0.3 is 0 Å². The van der Waals surface area contributed by atoms with Crippen molar-refractivity contribution in [2.24, 2.45) is 0 Å². The summed E-state index contributed by atoms with van der Waals surface area (Å²) >= 11 is 1.73. The smallest absolute Gasteiger partial charge is 0.166 e. The van der Waals surface area contributed by atoms with Crippen LogP contribution in [0.15, 0.2) is 41.8 Å². The summed E-state index contributed by atoms with van der Waals surface area (Å²) in [5.74, 6) is 0.973. The molecule has 0 atom stereocenters. The zero-order valence-electron chi connectivity index (χ0n) is 7.51. The molecule has 2 nitrogen and oxygen atoms in total. The normalized spacial score (nSPS) is 13.9. The second-order valence-corrected chi connectivity index (χ2v) is 4.05. The molecule has 0 bridgehead atoms. The topological polar surface area (TPSA) is 12.5 Å². The largest absolute Gasteiger partial charge is 0.471 e. The minimum Gasteiger partial charge on any atom is -0.471 e. The molecule has 0 saturated heterocycles. The fraction of sp³-hybridized carbons (Fsp3) is 0.0909. The zero-order chi connectivity index (χ0) is 9.38. The molecule has 1 aliphatic heterocycles. The highest BCUT2D eigenvalue weighted by molar-refractivity contribution is 7.14. The van der Waals surface area contributed by atoms with Gasteiger partial charge < -0.3 is 4.74 Å². The highest BCUT2D eigenvalue weighted by Crippen LogP contribution is 2.39. The molecule has 2 heterocycles. The van der Waals surface area contributed by atoms with Crippen LogP contribution in [-0.2, 0) is 0 Å². The first-order valence-electron chi connectivity index (χ1n) is 4.48. The molecule has 14 heavy (non-hydrogen) atoms. The molecule has 0 amide bonds. The van der Waals surface area contributed by atoms with E-state index in [0.717, 1.165) is 11.4 Å². The van der Waals surface area contributed by atoms with Gasteiger partial charge in [-0.25, -0.2) is 0 Å². The van der Waals surface area contributed by atoms with Gasteiger partial charge in [0.15, 0.2) is 6.73 Å². The summed E-state index contributed by atoms with van der Waals surface area (Å²) in [4.78, 5) is 2.18. The van der Waals surface area contributed by atoms with Crippen molar-refractivity contribution in [1.29, 1.82) is 0 Å². The van der Waals surface area contributed by atoms with E-state index in [0.29, 0.717) is 6.73 Å². The van der Waals surface area contributed by atoms with Crippen LogP contribution in [0.5, 0.6) is 5.75 Å². The van der Waals surface area contributed by atoms with Gasteiger partial charge in [-0.15, -0.1) is 11.3 Å². The van der Waals surface area contributed by atoms with Gasteiger partial charge in [-0.2, -0.15) is 0 Å². The van der Waals surface area contributed by atoms with Gasteiger partial charge in [0.05, 0.1) is 10.7 Å². The lowest BCUT2D eigenvalue weighted by Gasteiger charge is -2.12. The number of rotatable bonds is 1. The van der Waals surface area contributed by atoms with Gasteiger partial charge in [0, 0.05) is 0 Å². The van der Waals surface area contributed by atoms with E-state index in [9.17, 15) is 0 Å². The molecular weight excluding hydrogens is 194 g/mol. The Labute approximate surface area is 86.4 Å². The van der Waals surface area contributed by atoms with Crippen LogP contribution in [0.2, 0.25) is 0 Å². The number of thiophene rings is 1. The monoisotopic (exact) mass is 203 g/mol. The van der Waals surface area contributed by atoms with Crippen LogP contribution in [0, 0.1) is 0 Å². The lowest BCUT2D eigenvalue weighted by molar-refractivity contribution is 0.358. The number of fused-ring (bicyclic) bond motifs is 1. The summed E-state index contributed by atoms with van der Waals surface area (Å²) in [6, 6.07) is 12.3. The first-order valence-corrected chi connectivity index (χ1v) is 5.36. The van der Waals surface area contributed by atoms with Crippen LogP contribution in [0.25, 0.3) is 0 Å². The van der Waals surface area contributed by atoms with E-state index in [1.54, 1.807) is 11.3 Å². The Bertz CT molecular complexity index is 438. The molecule has 0 fully saturated rings. The Morgan fingerprint density at radius 1 is 1.14 bits per heavy atom. The van der Waals surface area contributed by atoms with E-state index in [4.69, 9.17) is 4.74 Å². The molecule has 1 aliphatic rings. The standard InChI is InChI=1S/C11H9NOS/c1-2-5-10-9(4-1)12(8-13-10)11-6-3-7-14-11/h1-7H,8H2. The maximum Gasteiger partial charge on any atom is 0.166 e. The van der Waals surface area contributed by atoms with Crippen molar-refractivity contribution < 1.29 is 4.74 Å². The molecule has 70 valence electrons. The molecule has 0 N–H and O–H groups in total. The van der Waals surface area contributed by atoms with Gasteiger partial charge in [0.1, 0.15) is 5.75 Å². The van der Waals surface area contributed by atoms with Crippen molar-refractivity contribution in [3.05, 3.63) is 41.8 Å². The third kappa shape index (κ3) is 1.09. The van der Waals surface area contributed by atoms with Crippen LogP contribution < -0.4 is 9.64 Å². The predicted molar refractivity (Wildman–Crippen MR) is 58.4 cm³/mol. The molecule has 0 saturated carbocycles. The summed E-state index contributed by atoms with van der Waals surface area (Å²) in [6.07, 6.45) is 0. The first kappa shape index (κ1) is 7.88. The van der Waals surface area contributed by atoms with Crippen LogP contribution in [0.3, 0.4) is 0 Å². The maximum atomic E-state index is 5.57. The zero-order valence-corrected chi connectivity index (χ0v) is 8.33. The van der Waals surface area contributed by atoms with E-state index >= 15 is 0 Å². The minimum absolute atomic E-state index is 0.625. The van der Waals surface area contributed by atoms with Crippen molar-refractivity contribution in [3.63, 3.8) is 0 Å². The Morgan fingerprint density at radius 2 is 2.07 bits per heavy atom. The molecule has 3 rings (SSSR count). The highest BCUT2D eigenvalue weighted by atomic mass is 32.1. The average Bonchev–Trinajstić information content (AvgIpc) is 2.85. The van der Waals surface area contributed by atoms with Crippen molar-refractivity contribution >= 4 is 22.0 Å². The predicted octanol–water partition coefficient (Wildman–Crippen LogP) is 3.24. The summed E-state index contributed by atoms with van der Waals surface area (Å²) in [5.41, 5.74) is 1.16. The number of anilines is 2. The van der Waals surface area contributed by atoms with Crippen molar-refractivity contribution in [3.8, 4) is 5.75 Å². The number of para-hydroxylation sites is 2. The SMILES string of the molecule is c1csc(N2COc3ccccc32)c1. The number of hydrogen-bond donors (Lipinski definition) is 0. The van der Waals surface area contributed by atoms with Crippen LogP contribution in [0.1, 0.15) is 0 Å². The molecule has 0 unspecified atom stereocenters. The maximum absolute atomic E-state index is 5.57. The van der Waals surface area contributed by atoms with Gasteiger partial charge in [-0.05, 0) is 29.6 Å². The Morgan fingerprint density at radius 3 is 2.93 bits per heavy atom. The van der Waals surface area contributed by atoms with Gasteiger partial charge in [0.25, 0.3) is 0 Å². The molecule has 2 aromatic rings. The van der Waals surface area contributed by atoms with Crippen molar-refractivity contribution in [2.45, 2.75) is 0 Å². The van der Waals surface area contributed by atoms with E-state index in [1.807, 2.05) is 18.2 Å². The van der Waals surface area contributed by atoms with Crippen LogP contribution in [0.4, 0.5) is 10.7 Å². The van der Waals surface area contributed by atoms with E-state index < -0.39 is 0 Å². The van der Waals surface area contributed by atoms with Crippen LogP contribution in [-0.4, -0.2) is 6.73 Å². The number of nitrogens with zero attached hydrogens (tertiary/aromatic N) is 1. The third-order valence-corrected chi connectivity index (χ3v) is 3.17. The van der Waals surface area contributed by atoms with Gasteiger partial charge in [-0.1, -0.05) is 12.1 Å². The summed E-state index contributed by atoms with van der Waals surface area (Å²) in [6.45, 7) is 0.625. The number of ether oxygens (including phenoxy) is 1. The van der Waals surface area contributed by atoms with E-state index in [1.165, 1.54) is 5.00 Å². The number of benzene rings is 1. The Hall–Kier alpha value is -1.48. The summed E-state index contributed by atoms with van der Waals surface area (Å²) < 4.78 is 5.57. The summed E-state index contributed by atoms with van der Waals surface area (Å²) in [5, 5.41) is 3.31. The number of hydrogen-bond acceptors (Lipinski definition) is 3. The molecular formula is C11H9NOS. The first-order chi connectivity index (χ1) is 6.95. The lowest BCUT2D eigenvalue weighted by atomic mass is 10.3. The van der Waals surface area contributed by atoms with E-state index in [-0.39, 0.29) is 0 Å². The molecule has 1 aromatic carbocycles. The van der Waals surface area contributed by atoms with Crippen LogP contribution >= 0.6 is 11.3 Å². The molecule has 3 heteroatoms. The highest BCUT2D eigenvalue weighted by Gasteiger charge is 2.21. The summed E-state index contributed by atoms with van der Waals surface area (Å²) in [7, 11) is 0. The Balaban J connectivity index is 2.06. The van der Waals surface area contributed by atoms with Gasteiger partial charge in [-0.3, -0.25) is 4.90 Å². The lowest BCUT2D eigenvalue weighted by Crippen LogP contribution is -2.13. The van der Waals surface area contributed by atoms with Crippen molar-refractivity contribution in [1.82, 2.24) is 0 Å². The molecule has 0 spiro atoms. The second-order valence-electron chi connectivity index (χ2n) is 3.12. The minimum atomic E-state index is 0.625. The Kier molecular flexibility index (Phi) is 1.70.